The van der Waals surface area contributed by atoms with Crippen molar-refractivity contribution in [1.82, 2.24) is 15.2 Å². The van der Waals surface area contributed by atoms with Crippen molar-refractivity contribution in [3.05, 3.63) is 30.1 Å². The number of nitrogens with zero attached hydrogens (tertiary/aromatic N) is 2. The Bertz CT molecular complexity index is 380. The third-order valence-electron chi connectivity index (χ3n) is 4.80. The van der Waals surface area contributed by atoms with Gasteiger partial charge in [0.1, 0.15) is 0 Å². The van der Waals surface area contributed by atoms with Crippen LogP contribution in [0.2, 0.25) is 0 Å². The fourth-order valence-corrected chi connectivity index (χ4v) is 3.53. The van der Waals surface area contributed by atoms with Crippen molar-refractivity contribution in [1.29, 1.82) is 0 Å². The molecule has 2 aliphatic rings. The van der Waals surface area contributed by atoms with Crippen LogP contribution in [0.5, 0.6) is 0 Å². The zero-order chi connectivity index (χ0) is 12.5. The Kier molecular flexibility index (Phi) is 3.35. The number of nitrogens with one attached hydrogen (secondary N) is 1. The van der Waals surface area contributed by atoms with Gasteiger partial charge in [-0.05, 0) is 51.3 Å². The minimum atomic E-state index is 0.459. The number of hydrogen-bond donors (Lipinski definition) is 1. The Morgan fingerprint density at radius 1 is 1.33 bits per heavy atom. The van der Waals surface area contributed by atoms with Crippen molar-refractivity contribution in [2.75, 3.05) is 7.05 Å². The van der Waals surface area contributed by atoms with Crippen molar-refractivity contribution >= 4 is 0 Å². The fourth-order valence-electron chi connectivity index (χ4n) is 3.53. The molecule has 0 radical (unpaired) electrons. The molecule has 0 aromatic carbocycles. The molecule has 3 atom stereocenters. The Morgan fingerprint density at radius 2 is 2.06 bits per heavy atom. The summed E-state index contributed by atoms with van der Waals surface area (Å²) in [6, 6.07) is 6.92. The van der Waals surface area contributed by atoms with Gasteiger partial charge in [-0.1, -0.05) is 6.07 Å². The van der Waals surface area contributed by atoms with Crippen LogP contribution >= 0.6 is 0 Å². The zero-order valence-corrected chi connectivity index (χ0v) is 11.3. The van der Waals surface area contributed by atoms with E-state index < -0.39 is 0 Å². The van der Waals surface area contributed by atoms with Crippen molar-refractivity contribution in [3.8, 4) is 0 Å². The predicted molar refractivity (Wildman–Crippen MR) is 73.4 cm³/mol. The number of piperidine rings is 1. The second kappa shape index (κ2) is 4.98. The SMILES string of the molecule is CC(c1cccnc1)N(C)C1CC2CCC(C1)N2. The van der Waals surface area contributed by atoms with Gasteiger partial charge in [0.25, 0.3) is 0 Å². The Morgan fingerprint density at radius 3 is 2.67 bits per heavy atom. The van der Waals surface area contributed by atoms with Gasteiger partial charge in [-0.25, -0.2) is 0 Å². The highest BCUT2D eigenvalue weighted by Crippen LogP contribution is 2.32. The molecule has 0 spiro atoms. The van der Waals surface area contributed by atoms with Crippen LogP contribution in [0.3, 0.4) is 0 Å². The number of rotatable bonds is 3. The summed E-state index contributed by atoms with van der Waals surface area (Å²) in [6.07, 6.45) is 9.19. The van der Waals surface area contributed by atoms with Gasteiger partial charge in [-0.3, -0.25) is 9.88 Å². The van der Waals surface area contributed by atoms with E-state index in [4.69, 9.17) is 0 Å². The van der Waals surface area contributed by atoms with E-state index in [1.165, 1.54) is 31.2 Å². The molecule has 2 fully saturated rings. The molecule has 3 rings (SSSR count). The molecule has 1 aromatic heterocycles. The molecule has 0 aliphatic carbocycles. The van der Waals surface area contributed by atoms with E-state index in [1.807, 2.05) is 18.5 Å². The lowest BCUT2D eigenvalue weighted by Gasteiger charge is -2.38. The molecule has 0 amide bonds. The molecule has 18 heavy (non-hydrogen) atoms. The molecule has 1 N–H and O–H groups in total. The molecule has 2 bridgehead atoms. The summed E-state index contributed by atoms with van der Waals surface area (Å²) in [5, 5.41) is 3.71. The molecule has 3 heteroatoms. The van der Waals surface area contributed by atoms with Gasteiger partial charge in [0.2, 0.25) is 0 Å². The maximum atomic E-state index is 4.24. The van der Waals surface area contributed by atoms with Crippen LogP contribution in [0, 0.1) is 0 Å². The Labute approximate surface area is 110 Å². The Hall–Kier alpha value is -0.930. The lowest BCUT2D eigenvalue weighted by molar-refractivity contribution is 0.132. The molecule has 98 valence electrons. The van der Waals surface area contributed by atoms with Gasteiger partial charge < -0.3 is 5.32 Å². The van der Waals surface area contributed by atoms with E-state index in [2.05, 4.69) is 35.2 Å². The summed E-state index contributed by atoms with van der Waals surface area (Å²) in [6.45, 7) is 2.29. The first-order chi connectivity index (χ1) is 8.74. The van der Waals surface area contributed by atoms with Crippen LogP contribution in [0.25, 0.3) is 0 Å². The Balaban J connectivity index is 1.69. The number of pyridine rings is 1. The van der Waals surface area contributed by atoms with E-state index >= 15 is 0 Å². The first kappa shape index (κ1) is 12.1. The largest absolute Gasteiger partial charge is 0.311 e. The average Bonchev–Trinajstić information content (AvgIpc) is 2.77. The molecule has 3 heterocycles. The van der Waals surface area contributed by atoms with Crippen molar-refractivity contribution in [3.63, 3.8) is 0 Å². The van der Waals surface area contributed by atoms with Crippen LogP contribution in [0.15, 0.2) is 24.5 Å². The number of fused-ring (bicyclic) bond motifs is 2. The summed E-state index contributed by atoms with van der Waals surface area (Å²) in [4.78, 5) is 6.78. The van der Waals surface area contributed by atoms with Crippen LogP contribution in [-0.4, -0.2) is 35.1 Å². The summed E-state index contributed by atoms with van der Waals surface area (Å²) in [5.74, 6) is 0. The third-order valence-corrected chi connectivity index (χ3v) is 4.80. The standard InChI is InChI=1S/C15H23N3/c1-11(12-4-3-7-16-10-12)18(2)15-8-13-5-6-14(9-15)17-13/h3-4,7,10-11,13-15,17H,5-6,8-9H2,1-2H3. The summed E-state index contributed by atoms with van der Waals surface area (Å²) < 4.78 is 0. The van der Waals surface area contributed by atoms with E-state index in [0.717, 1.165) is 18.1 Å². The average molecular weight is 245 g/mol. The summed E-state index contributed by atoms with van der Waals surface area (Å²) >= 11 is 0. The minimum Gasteiger partial charge on any atom is -0.311 e. The lowest BCUT2D eigenvalue weighted by Crippen LogP contribution is -2.47. The second-order valence-electron chi connectivity index (χ2n) is 5.89. The van der Waals surface area contributed by atoms with Crippen molar-refractivity contribution < 1.29 is 0 Å². The smallest absolute Gasteiger partial charge is 0.0335 e. The maximum Gasteiger partial charge on any atom is 0.0335 e. The van der Waals surface area contributed by atoms with Crippen LogP contribution < -0.4 is 5.32 Å². The molecule has 3 nitrogen and oxygen atoms in total. The van der Waals surface area contributed by atoms with E-state index in [9.17, 15) is 0 Å². The van der Waals surface area contributed by atoms with Gasteiger partial charge in [-0.2, -0.15) is 0 Å². The van der Waals surface area contributed by atoms with Gasteiger partial charge in [0.15, 0.2) is 0 Å². The molecular formula is C15H23N3. The van der Waals surface area contributed by atoms with Crippen LogP contribution in [0.1, 0.15) is 44.2 Å². The van der Waals surface area contributed by atoms with Gasteiger partial charge in [0.05, 0.1) is 0 Å². The van der Waals surface area contributed by atoms with Crippen molar-refractivity contribution in [2.24, 2.45) is 0 Å². The molecule has 1 aromatic rings. The molecular weight excluding hydrogens is 222 g/mol. The molecule has 2 aliphatic heterocycles. The third kappa shape index (κ3) is 2.29. The zero-order valence-electron chi connectivity index (χ0n) is 11.3. The second-order valence-corrected chi connectivity index (χ2v) is 5.89. The molecule has 3 unspecified atom stereocenters. The summed E-state index contributed by atoms with van der Waals surface area (Å²) in [7, 11) is 2.27. The van der Waals surface area contributed by atoms with E-state index in [1.54, 1.807) is 0 Å². The normalized spacial score (nSPS) is 32.7. The fraction of sp³-hybridized carbons (Fsp3) is 0.667. The predicted octanol–water partition coefficient (Wildman–Crippen LogP) is 2.36. The number of aromatic nitrogens is 1. The van der Waals surface area contributed by atoms with Crippen molar-refractivity contribution in [2.45, 2.75) is 56.8 Å². The quantitative estimate of drug-likeness (QED) is 0.886. The van der Waals surface area contributed by atoms with E-state index in [0.29, 0.717) is 6.04 Å². The first-order valence-corrected chi connectivity index (χ1v) is 7.12. The number of hydrogen-bond acceptors (Lipinski definition) is 3. The molecule has 2 saturated heterocycles. The van der Waals surface area contributed by atoms with E-state index in [-0.39, 0.29) is 0 Å². The highest BCUT2D eigenvalue weighted by Gasteiger charge is 2.36. The summed E-state index contributed by atoms with van der Waals surface area (Å²) in [5.41, 5.74) is 1.32. The van der Waals surface area contributed by atoms with Gasteiger partial charge in [-0.15, -0.1) is 0 Å². The monoisotopic (exact) mass is 245 g/mol. The van der Waals surface area contributed by atoms with Crippen LogP contribution in [0.4, 0.5) is 0 Å². The topological polar surface area (TPSA) is 28.2 Å². The minimum absolute atomic E-state index is 0.459. The molecule has 0 saturated carbocycles. The van der Waals surface area contributed by atoms with Gasteiger partial charge >= 0.3 is 0 Å². The van der Waals surface area contributed by atoms with Gasteiger partial charge in [0, 0.05) is 36.6 Å². The lowest BCUT2D eigenvalue weighted by atomic mass is 9.96. The highest BCUT2D eigenvalue weighted by atomic mass is 15.2. The maximum absolute atomic E-state index is 4.24. The highest BCUT2D eigenvalue weighted by molar-refractivity contribution is 5.13. The first-order valence-electron chi connectivity index (χ1n) is 7.12. The van der Waals surface area contributed by atoms with Crippen LogP contribution in [-0.2, 0) is 0 Å².